The van der Waals surface area contributed by atoms with E-state index >= 15 is 0 Å². The third-order valence-corrected chi connectivity index (χ3v) is 12.3. The molecule has 0 N–H and O–H groups in total. The molecule has 4 heteroatoms. The zero-order chi connectivity index (χ0) is 39.1. The van der Waals surface area contributed by atoms with Crippen LogP contribution in [0.2, 0.25) is 0 Å². The van der Waals surface area contributed by atoms with Crippen molar-refractivity contribution < 1.29 is 28.8 Å². The molecular weight excluding hydrogens is 666 g/mol. The van der Waals surface area contributed by atoms with E-state index in [1.807, 2.05) is 0 Å². The molecule has 324 valence electrons. The van der Waals surface area contributed by atoms with Crippen LogP contribution >= 0.6 is 0 Å². The van der Waals surface area contributed by atoms with Crippen molar-refractivity contribution in [2.45, 2.75) is 303 Å². The molecule has 0 aliphatic carbocycles. The largest absolute Gasteiger partial charge is 1.00 e. The van der Waals surface area contributed by atoms with Crippen LogP contribution in [0.3, 0.4) is 0 Å². The van der Waals surface area contributed by atoms with Crippen LogP contribution in [-0.2, 0) is 4.79 Å². The number of rotatable bonds is 49. The Morgan fingerprint density at radius 1 is 0.291 bits per heavy atom. The summed E-state index contributed by atoms with van der Waals surface area (Å²) in [5.74, 6) is -0.893. The van der Waals surface area contributed by atoms with Gasteiger partial charge in [-0.2, -0.15) is 0 Å². The Bertz CT molecular complexity index is 642. The minimum Gasteiger partial charge on any atom is -0.550 e. The molecule has 0 spiro atoms. The van der Waals surface area contributed by atoms with Crippen molar-refractivity contribution in [3.05, 3.63) is 0 Å². The minimum absolute atomic E-state index is 0. The summed E-state index contributed by atoms with van der Waals surface area (Å²) in [6.45, 7) is 8.06. The minimum atomic E-state index is -0.893. The predicted octanol–water partition coefficient (Wildman–Crippen LogP) is 13.6. The van der Waals surface area contributed by atoms with Crippen LogP contribution in [0.25, 0.3) is 0 Å². The second-order valence-corrected chi connectivity index (χ2v) is 17.8. The molecule has 0 radical (unpaired) electrons. The first kappa shape index (κ1) is 57.1. The van der Waals surface area contributed by atoms with Gasteiger partial charge in [-0.05, 0) is 51.7 Å². The van der Waals surface area contributed by atoms with Crippen LogP contribution in [0.15, 0.2) is 0 Å². The van der Waals surface area contributed by atoms with Gasteiger partial charge in [0.15, 0.2) is 0 Å². The summed E-state index contributed by atoms with van der Waals surface area (Å²) in [5.41, 5.74) is 0. The van der Waals surface area contributed by atoms with Gasteiger partial charge in [-0.3, -0.25) is 0 Å². The first-order chi connectivity index (χ1) is 26.7. The molecular formula is C51H102LiNO2. The summed E-state index contributed by atoms with van der Waals surface area (Å²) >= 11 is 0. The summed E-state index contributed by atoms with van der Waals surface area (Å²) in [5, 5.41) is 10.9. The number of carboxylic acid groups (broad SMARTS) is 1. The van der Waals surface area contributed by atoms with Gasteiger partial charge in [0.05, 0.1) is 0 Å². The van der Waals surface area contributed by atoms with E-state index in [2.05, 4.69) is 18.7 Å². The number of hydrogen-bond donors (Lipinski definition) is 0. The van der Waals surface area contributed by atoms with Gasteiger partial charge in [-0.1, -0.05) is 271 Å². The second-order valence-electron chi connectivity index (χ2n) is 17.8. The van der Waals surface area contributed by atoms with Crippen molar-refractivity contribution in [3.63, 3.8) is 0 Å². The van der Waals surface area contributed by atoms with Gasteiger partial charge in [0, 0.05) is 5.97 Å². The third-order valence-electron chi connectivity index (χ3n) is 12.3. The Morgan fingerprint density at radius 3 is 0.636 bits per heavy atom. The van der Waals surface area contributed by atoms with Crippen molar-refractivity contribution in [2.75, 3.05) is 19.6 Å². The first-order valence-corrected chi connectivity index (χ1v) is 25.6. The molecule has 0 rings (SSSR count). The predicted molar refractivity (Wildman–Crippen MR) is 241 cm³/mol. The number of carboxylic acids is 1. The smallest absolute Gasteiger partial charge is 0.550 e. The molecule has 0 saturated heterocycles. The van der Waals surface area contributed by atoms with Gasteiger partial charge in [0.2, 0.25) is 0 Å². The Balaban J connectivity index is 0. The van der Waals surface area contributed by atoms with Gasteiger partial charge >= 0.3 is 18.9 Å². The SMILES string of the molecule is CCCCCCCCCCCCCCCCCCCCCCCN(CCCCCCCCCCCCCCCCCCCCCCC)CCCCC(=O)[O-].[Li+]. The molecule has 0 fully saturated rings. The van der Waals surface area contributed by atoms with Gasteiger partial charge in [-0.25, -0.2) is 0 Å². The van der Waals surface area contributed by atoms with Crippen molar-refractivity contribution in [2.24, 2.45) is 0 Å². The van der Waals surface area contributed by atoms with E-state index in [-0.39, 0.29) is 25.3 Å². The topological polar surface area (TPSA) is 43.4 Å². The van der Waals surface area contributed by atoms with Gasteiger partial charge in [-0.15, -0.1) is 0 Å². The van der Waals surface area contributed by atoms with E-state index in [1.165, 1.54) is 283 Å². The van der Waals surface area contributed by atoms with E-state index in [4.69, 9.17) is 0 Å². The average molecular weight is 768 g/mol. The monoisotopic (exact) mass is 768 g/mol. The normalized spacial score (nSPS) is 11.5. The van der Waals surface area contributed by atoms with Crippen LogP contribution in [0.4, 0.5) is 0 Å². The number of hydrogen-bond acceptors (Lipinski definition) is 3. The molecule has 55 heavy (non-hydrogen) atoms. The van der Waals surface area contributed by atoms with Crippen LogP contribution in [0.1, 0.15) is 303 Å². The summed E-state index contributed by atoms with van der Waals surface area (Å²) in [4.78, 5) is 13.5. The number of carbonyl (C=O) groups is 1. The molecule has 0 unspecified atom stereocenters. The van der Waals surface area contributed by atoms with Crippen molar-refractivity contribution in [3.8, 4) is 0 Å². The van der Waals surface area contributed by atoms with E-state index in [0.717, 1.165) is 19.4 Å². The maximum Gasteiger partial charge on any atom is 1.00 e. The molecule has 0 atom stereocenters. The molecule has 0 amide bonds. The number of unbranched alkanes of at least 4 members (excludes halogenated alkanes) is 41. The first-order valence-electron chi connectivity index (χ1n) is 25.6. The number of nitrogens with zero attached hydrogens (tertiary/aromatic N) is 1. The number of aliphatic carboxylic acids is 1. The number of carbonyl (C=O) groups excluding carboxylic acids is 1. The molecule has 0 aliphatic heterocycles. The van der Waals surface area contributed by atoms with Crippen LogP contribution in [-0.4, -0.2) is 30.5 Å². The second kappa shape index (κ2) is 52.0. The van der Waals surface area contributed by atoms with Crippen LogP contribution in [0, 0.1) is 0 Å². The third kappa shape index (κ3) is 52.0. The molecule has 0 aromatic rings. The van der Waals surface area contributed by atoms with Crippen molar-refractivity contribution in [1.29, 1.82) is 0 Å². The van der Waals surface area contributed by atoms with Gasteiger partial charge in [0.25, 0.3) is 0 Å². The molecule has 0 saturated carbocycles. The maximum absolute atomic E-state index is 10.9. The fraction of sp³-hybridized carbons (Fsp3) is 0.980. The van der Waals surface area contributed by atoms with E-state index in [1.54, 1.807) is 0 Å². The van der Waals surface area contributed by atoms with Gasteiger partial charge in [0.1, 0.15) is 0 Å². The average Bonchev–Trinajstić information content (AvgIpc) is 3.17. The molecule has 0 bridgehead atoms. The van der Waals surface area contributed by atoms with E-state index in [0.29, 0.717) is 0 Å². The van der Waals surface area contributed by atoms with E-state index < -0.39 is 5.97 Å². The summed E-state index contributed by atoms with van der Waals surface area (Å²) in [6, 6.07) is 0. The Labute approximate surface area is 360 Å². The van der Waals surface area contributed by atoms with Gasteiger partial charge < -0.3 is 14.8 Å². The molecule has 0 aromatic carbocycles. The summed E-state index contributed by atoms with van der Waals surface area (Å²) in [7, 11) is 0. The molecule has 0 aromatic heterocycles. The van der Waals surface area contributed by atoms with Crippen LogP contribution in [0.5, 0.6) is 0 Å². The summed E-state index contributed by atoms with van der Waals surface area (Å²) < 4.78 is 0. The maximum atomic E-state index is 10.9. The Morgan fingerprint density at radius 2 is 0.455 bits per heavy atom. The molecule has 0 aliphatic rings. The Kier molecular flexibility index (Phi) is 54.1. The van der Waals surface area contributed by atoms with Crippen molar-refractivity contribution >= 4 is 5.97 Å². The zero-order valence-electron chi connectivity index (χ0n) is 38.7. The standard InChI is InChI=1S/C51H103NO2.Li/c1-3-5-7-9-11-13-15-17-19-21-23-25-27-29-31-33-35-37-39-41-44-48-52(50-46-43-47-51(53)54)49-45-42-40-38-36-34-32-30-28-26-24-22-20-18-16-14-12-10-8-6-4-2;/h3-50H2,1-2H3,(H,53,54);/q;+1/p-1. The fourth-order valence-corrected chi connectivity index (χ4v) is 8.47. The quantitative estimate of drug-likeness (QED) is 0.0457. The zero-order valence-corrected chi connectivity index (χ0v) is 38.7. The fourth-order valence-electron chi connectivity index (χ4n) is 8.47. The Hall–Kier alpha value is 0.0274. The molecule has 3 nitrogen and oxygen atoms in total. The molecule has 0 heterocycles. The van der Waals surface area contributed by atoms with E-state index in [9.17, 15) is 9.90 Å². The summed E-state index contributed by atoms with van der Waals surface area (Å²) in [6.07, 6.45) is 62.1. The van der Waals surface area contributed by atoms with Crippen molar-refractivity contribution in [1.82, 2.24) is 4.90 Å². The van der Waals surface area contributed by atoms with Crippen LogP contribution < -0.4 is 24.0 Å².